The predicted octanol–water partition coefficient (Wildman–Crippen LogP) is 1.95. The van der Waals surface area contributed by atoms with Gasteiger partial charge < -0.3 is 14.2 Å². The molecule has 1 saturated heterocycles. The van der Waals surface area contributed by atoms with Gasteiger partial charge in [-0.3, -0.25) is 4.79 Å². The van der Waals surface area contributed by atoms with E-state index in [1.165, 1.54) is 13.0 Å². The summed E-state index contributed by atoms with van der Waals surface area (Å²) < 4.78 is 29.8. The third-order valence-electron chi connectivity index (χ3n) is 3.28. The maximum absolute atomic E-state index is 13.9. The van der Waals surface area contributed by atoms with E-state index in [1.54, 1.807) is 6.92 Å². The first-order chi connectivity index (χ1) is 8.02. The van der Waals surface area contributed by atoms with Gasteiger partial charge in [0.25, 0.3) is 0 Å². The summed E-state index contributed by atoms with van der Waals surface area (Å²) >= 11 is 0. The fourth-order valence-electron chi connectivity index (χ4n) is 2.34. The van der Waals surface area contributed by atoms with E-state index in [2.05, 4.69) is 0 Å². The molecule has 0 aromatic rings. The highest BCUT2D eigenvalue weighted by Crippen LogP contribution is 2.46. The second-order valence-corrected chi connectivity index (χ2v) is 4.59. The Morgan fingerprint density at radius 2 is 2.18 bits per heavy atom. The van der Waals surface area contributed by atoms with Gasteiger partial charge in [-0.05, 0) is 19.9 Å². The number of carbonyl (C=O) groups is 1. The molecule has 2 aliphatic rings. The quantitative estimate of drug-likeness (QED) is 0.696. The summed E-state index contributed by atoms with van der Waals surface area (Å²) in [5.41, 5.74) is -1.29. The van der Waals surface area contributed by atoms with Gasteiger partial charge in [-0.2, -0.15) is 0 Å². The normalized spacial score (nSPS) is 31.4. The first kappa shape index (κ1) is 12.5. The molecule has 5 heteroatoms. The Balaban J connectivity index is 2.23. The van der Waals surface area contributed by atoms with Crippen molar-refractivity contribution in [1.82, 2.24) is 0 Å². The number of ether oxygens (including phenoxy) is 3. The van der Waals surface area contributed by atoms with Crippen molar-refractivity contribution in [2.45, 2.75) is 32.5 Å². The average Bonchev–Trinajstić information content (AvgIpc) is 2.73. The molecule has 1 fully saturated rings. The van der Waals surface area contributed by atoms with Crippen LogP contribution in [0.3, 0.4) is 0 Å². The zero-order valence-corrected chi connectivity index (χ0v) is 10.1. The molecule has 0 amide bonds. The average molecular weight is 244 g/mol. The van der Waals surface area contributed by atoms with Crippen molar-refractivity contribution in [2.75, 3.05) is 19.8 Å². The molecule has 0 aromatic heterocycles. The number of halogens is 1. The lowest BCUT2D eigenvalue weighted by Gasteiger charge is -2.38. The van der Waals surface area contributed by atoms with Crippen LogP contribution in [-0.4, -0.2) is 31.6 Å². The molecule has 0 N–H and O–H groups in total. The van der Waals surface area contributed by atoms with Crippen LogP contribution in [0.25, 0.3) is 0 Å². The third kappa shape index (κ3) is 2.09. The van der Waals surface area contributed by atoms with Crippen LogP contribution in [0.5, 0.6) is 0 Å². The summed E-state index contributed by atoms with van der Waals surface area (Å²) in [6, 6.07) is 0. The van der Waals surface area contributed by atoms with Crippen LogP contribution in [0.2, 0.25) is 0 Å². The first-order valence-corrected chi connectivity index (χ1v) is 5.84. The summed E-state index contributed by atoms with van der Waals surface area (Å²) in [5, 5.41) is 0. The number of rotatable bonds is 2. The lowest BCUT2D eigenvalue weighted by Crippen LogP contribution is -2.44. The molecular weight excluding hydrogens is 227 g/mol. The Morgan fingerprint density at radius 3 is 2.76 bits per heavy atom. The van der Waals surface area contributed by atoms with Crippen LogP contribution in [0.4, 0.5) is 4.39 Å². The van der Waals surface area contributed by atoms with Gasteiger partial charge in [0.05, 0.1) is 19.8 Å². The molecule has 2 rings (SSSR count). The van der Waals surface area contributed by atoms with Crippen LogP contribution in [0, 0.1) is 5.41 Å². The summed E-state index contributed by atoms with van der Waals surface area (Å²) in [4.78, 5) is 11.9. The second kappa shape index (κ2) is 4.38. The van der Waals surface area contributed by atoms with Gasteiger partial charge in [-0.1, -0.05) is 0 Å². The first-order valence-electron chi connectivity index (χ1n) is 5.84. The molecule has 96 valence electrons. The van der Waals surface area contributed by atoms with Crippen molar-refractivity contribution in [1.29, 1.82) is 0 Å². The Bertz CT molecular complexity index is 346. The molecule has 1 heterocycles. The molecule has 1 aliphatic carbocycles. The van der Waals surface area contributed by atoms with Crippen LogP contribution < -0.4 is 0 Å². The van der Waals surface area contributed by atoms with E-state index in [1.807, 2.05) is 0 Å². The van der Waals surface area contributed by atoms with Crippen LogP contribution in [0.1, 0.15) is 26.7 Å². The van der Waals surface area contributed by atoms with E-state index in [4.69, 9.17) is 14.2 Å². The molecule has 0 radical (unpaired) electrons. The molecule has 0 aromatic carbocycles. The summed E-state index contributed by atoms with van der Waals surface area (Å²) in [7, 11) is 0. The van der Waals surface area contributed by atoms with Crippen molar-refractivity contribution >= 4 is 5.97 Å². The molecule has 1 spiro atoms. The van der Waals surface area contributed by atoms with Gasteiger partial charge in [-0.15, -0.1) is 0 Å². The molecule has 17 heavy (non-hydrogen) atoms. The number of carbonyl (C=O) groups excluding carboxylic acids is 1. The minimum absolute atomic E-state index is 0.168. The van der Waals surface area contributed by atoms with Crippen molar-refractivity contribution in [3.8, 4) is 0 Å². The molecule has 4 nitrogen and oxygen atoms in total. The van der Waals surface area contributed by atoms with E-state index >= 15 is 0 Å². The van der Waals surface area contributed by atoms with Crippen molar-refractivity contribution in [2.24, 2.45) is 5.41 Å². The number of hydrogen-bond donors (Lipinski definition) is 0. The molecule has 0 bridgehead atoms. The van der Waals surface area contributed by atoms with Gasteiger partial charge in [0, 0.05) is 12.8 Å². The van der Waals surface area contributed by atoms with Gasteiger partial charge in [0.2, 0.25) is 0 Å². The van der Waals surface area contributed by atoms with Crippen LogP contribution >= 0.6 is 0 Å². The minimum atomic E-state index is -1.29. The lowest BCUT2D eigenvalue weighted by molar-refractivity contribution is -0.192. The van der Waals surface area contributed by atoms with E-state index in [9.17, 15) is 9.18 Å². The van der Waals surface area contributed by atoms with Crippen molar-refractivity contribution in [3.63, 3.8) is 0 Å². The fraction of sp³-hybridized carbons (Fsp3) is 0.750. The minimum Gasteiger partial charge on any atom is -0.465 e. The summed E-state index contributed by atoms with van der Waals surface area (Å²) in [6.07, 6.45) is 1.88. The molecule has 0 saturated carbocycles. The van der Waals surface area contributed by atoms with Crippen molar-refractivity contribution in [3.05, 3.63) is 11.9 Å². The number of esters is 1. The SMILES string of the molecule is CCOC(=O)[C@@]1(C)CC2(CC=C1F)OCCO2. The Labute approximate surface area is 99.7 Å². The van der Waals surface area contributed by atoms with E-state index in [0.717, 1.165) is 0 Å². The van der Waals surface area contributed by atoms with Crippen LogP contribution in [0.15, 0.2) is 11.9 Å². The standard InChI is InChI=1S/C12H17FO4/c1-3-15-10(14)11(2)8-12(5-4-9(11)13)16-6-7-17-12/h4H,3,5-8H2,1-2H3/t11-/m0/s1. The zero-order valence-electron chi connectivity index (χ0n) is 10.1. The van der Waals surface area contributed by atoms with Gasteiger partial charge in [0.15, 0.2) is 5.79 Å². The maximum Gasteiger partial charge on any atom is 0.318 e. The van der Waals surface area contributed by atoms with Gasteiger partial charge in [0.1, 0.15) is 11.2 Å². The summed E-state index contributed by atoms with van der Waals surface area (Å²) in [5.74, 6) is -1.87. The number of hydrogen-bond acceptors (Lipinski definition) is 4. The van der Waals surface area contributed by atoms with E-state index < -0.39 is 23.0 Å². The Hall–Kier alpha value is -0.940. The van der Waals surface area contributed by atoms with Gasteiger partial charge >= 0.3 is 5.97 Å². The maximum atomic E-state index is 13.9. The molecule has 0 unspecified atom stereocenters. The third-order valence-corrected chi connectivity index (χ3v) is 3.28. The monoisotopic (exact) mass is 244 g/mol. The smallest absolute Gasteiger partial charge is 0.318 e. The summed E-state index contributed by atoms with van der Waals surface area (Å²) in [6.45, 7) is 4.42. The van der Waals surface area contributed by atoms with E-state index in [-0.39, 0.29) is 13.0 Å². The Kier molecular flexibility index (Phi) is 3.23. The van der Waals surface area contributed by atoms with Crippen LogP contribution in [-0.2, 0) is 19.0 Å². The highest BCUT2D eigenvalue weighted by Gasteiger charge is 2.52. The second-order valence-electron chi connectivity index (χ2n) is 4.59. The van der Waals surface area contributed by atoms with Crippen molar-refractivity contribution < 1.29 is 23.4 Å². The topological polar surface area (TPSA) is 44.8 Å². The molecule has 1 atom stereocenters. The predicted molar refractivity (Wildman–Crippen MR) is 57.8 cm³/mol. The molecular formula is C12H17FO4. The fourth-order valence-corrected chi connectivity index (χ4v) is 2.34. The lowest BCUT2D eigenvalue weighted by atomic mass is 9.76. The molecule has 1 aliphatic heterocycles. The zero-order chi connectivity index (χ0) is 12.5. The van der Waals surface area contributed by atoms with E-state index in [0.29, 0.717) is 19.6 Å². The largest absolute Gasteiger partial charge is 0.465 e. The van der Waals surface area contributed by atoms with Gasteiger partial charge in [-0.25, -0.2) is 4.39 Å². The Morgan fingerprint density at radius 1 is 1.53 bits per heavy atom. The highest BCUT2D eigenvalue weighted by molar-refractivity contribution is 5.80. The highest BCUT2D eigenvalue weighted by atomic mass is 19.1.